The third kappa shape index (κ3) is 2.29. The van der Waals surface area contributed by atoms with E-state index in [1.165, 1.54) is 6.20 Å². The van der Waals surface area contributed by atoms with Gasteiger partial charge in [-0.2, -0.15) is 9.37 Å². The lowest BCUT2D eigenvalue weighted by atomic mass is 10.2. The van der Waals surface area contributed by atoms with Gasteiger partial charge in [0.05, 0.1) is 16.3 Å². The summed E-state index contributed by atoms with van der Waals surface area (Å²) in [4.78, 5) is 15.1. The summed E-state index contributed by atoms with van der Waals surface area (Å²) in [5.41, 5.74) is 4.65. The van der Waals surface area contributed by atoms with E-state index in [0.29, 0.717) is 9.99 Å². The molecule has 2 heterocycles. The summed E-state index contributed by atoms with van der Waals surface area (Å²) in [6.45, 7) is -0.278. The lowest BCUT2D eigenvalue weighted by Gasteiger charge is -2.22. The smallest absolute Gasteiger partial charge is 0.354 e. The Morgan fingerprint density at radius 3 is 3.12 bits per heavy atom. The van der Waals surface area contributed by atoms with Gasteiger partial charge in [0.15, 0.2) is 0 Å². The number of ether oxygens (including phenoxy) is 1. The first-order chi connectivity index (χ1) is 7.96. The van der Waals surface area contributed by atoms with Gasteiger partial charge in [0.2, 0.25) is 0 Å². The second-order valence-electron chi connectivity index (χ2n) is 3.78. The van der Waals surface area contributed by atoms with Crippen LogP contribution in [0.25, 0.3) is 0 Å². The number of hydrogen-bond acceptors (Lipinski definition) is 5. The van der Waals surface area contributed by atoms with Crippen molar-refractivity contribution in [3.63, 3.8) is 0 Å². The molecule has 2 rings (SSSR count). The SMILES string of the molecule is Nc1nc(=O)n([C@@]2(F)CC[C@@H](CO)O2)cc1I. The van der Waals surface area contributed by atoms with Gasteiger partial charge in [0, 0.05) is 12.6 Å². The molecular formula is C9H11FIN3O3. The zero-order valence-corrected chi connectivity index (χ0v) is 10.9. The summed E-state index contributed by atoms with van der Waals surface area (Å²) < 4.78 is 20.7. The van der Waals surface area contributed by atoms with Crippen molar-refractivity contribution in [2.45, 2.75) is 24.9 Å². The number of nitrogens with zero attached hydrogens (tertiary/aromatic N) is 2. The predicted molar refractivity (Wildman–Crippen MR) is 65.9 cm³/mol. The molecule has 2 atom stereocenters. The van der Waals surface area contributed by atoms with E-state index < -0.39 is 17.8 Å². The number of hydrogen-bond donors (Lipinski definition) is 2. The van der Waals surface area contributed by atoms with E-state index in [4.69, 9.17) is 15.6 Å². The molecule has 1 aromatic rings. The number of alkyl halides is 1. The largest absolute Gasteiger partial charge is 0.394 e. The maximum absolute atomic E-state index is 14.4. The fourth-order valence-corrected chi connectivity index (χ4v) is 2.10. The van der Waals surface area contributed by atoms with Gasteiger partial charge in [-0.3, -0.25) is 0 Å². The van der Waals surface area contributed by atoms with Gasteiger partial charge in [-0.15, -0.1) is 0 Å². The Balaban J connectivity index is 2.41. The number of aromatic nitrogens is 2. The lowest BCUT2D eigenvalue weighted by Crippen LogP contribution is -2.39. The molecule has 0 saturated carbocycles. The van der Waals surface area contributed by atoms with Gasteiger partial charge in [0.25, 0.3) is 5.98 Å². The van der Waals surface area contributed by atoms with Crippen molar-refractivity contribution in [2.75, 3.05) is 12.3 Å². The zero-order valence-electron chi connectivity index (χ0n) is 8.77. The van der Waals surface area contributed by atoms with E-state index >= 15 is 0 Å². The van der Waals surface area contributed by atoms with Crippen molar-refractivity contribution in [2.24, 2.45) is 0 Å². The van der Waals surface area contributed by atoms with Crippen LogP contribution in [0.3, 0.4) is 0 Å². The fraction of sp³-hybridized carbons (Fsp3) is 0.556. The molecule has 1 aliphatic rings. The summed E-state index contributed by atoms with van der Waals surface area (Å²) in [7, 11) is 0. The fourth-order valence-electron chi connectivity index (χ4n) is 1.70. The number of nitrogen functional groups attached to an aromatic ring is 1. The van der Waals surface area contributed by atoms with E-state index in [1.54, 1.807) is 0 Å². The second kappa shape index (κ2) is 4.50. The van der Waals surface area contributed by atoms with Crippen LogP contribution in [-0.2, 0) is 10.7 Å². The van der Waals surface area contributed by atoms with Gasteiger partial charge in [-0.1, -0.05) is 0 Å². The Labute approximate surface area is 110 Å². The Hall–Kier alpha value is -0.740. The Kier molecular flexibility index (Phi) is 3.36. The third-order valence-electron chi connectivity index (χ3n) is 2.59. The molecule has 1 saturated heterocycles. The summed E-state index contributed by atoms with van der Waals surface area (Å²) in [5.74, 6) is -2.18. The summed E-state index contributed by atoms with van der Waals surface area (Å²) >= 11 is 1.86. The van der Waals surface area contributed by atoms with Crippen molar-refractivity contribution in [3.8, 4) is 0 Å². The molecule has 0 spiro atoms. The first-order valence-corrected chi connectivity index (χ1v) is 6.07. The van der Waals surface area contributed by atoms with E-state index in [1.807, 2.05) is 22.6 Å². The highest BCUT2D eigenvalue weighted by Crippen LogP contribution is 2.35. The number of nitrogens with two attached hydrogens (primary N) is 1. The Morgan fingerprint density at radius 1 is 1.82 bits per heavy atom. The highest BCUT2D eigenvalue weighted by Gasteiger charge is 2.43. The average Bonchev–Trinajstić information content (AvgIpc) is 2.66. The molecule has 0 aliphatic carbocycles. The average molecular weight is 355 g/mol. The molecule has 1 aliphatic heterocycles. The first kappa shape index (κ1) is 12.7. The molecule has 0 unspecified atom stereocenters. The Morgan fingerprint density at radius 2 is 2.53 bits per heavy atom. The van der Waals surface area contributed by atoms with Crippen LogP contribution < -0.4 is 11.4 Å². The van der Waals surface area contributed by atoms with E-state index in [9.17, 15) is 9.18 Å². The number of aliphatic hydroxyl groups is 1. The first-order valence-electron chi connectivity index (χ1n) is 4.99. The van der Waals surface area contributed by atoms with Crippen molar-refractivity contribution in [1.29, 1.82) is 0 Å². The van der Waals surface area contributed by atoms with Gasteiger partial charge in [-0.05, 0) is 29.0 Å². The highest BCUT2D eigenvalue weighted by atomic mass is 127. The van der Waals surface area contributed by atoms with Crippen LogP contribution >= 0.6 is 22.6 Å². The molecular weight excluding hydrogens is 344 g/mol. The van der Waals surface area contributed by atoms with Gasteiger partial charge < -0.3 is 15.6 Å². The molecule has 0 aromatic carbocycles. The third-order valence-corrected chi connectivity index (χ3v) is 3.43. The van der Waals surface area contributed by atoms with Crippen LogP contribution in [-0.4, -0.2) is 27.4 Å². The standard InChI is InChI=1S/C9H11FIN3O3/c10-9(2-1-5(4-15)17-9)14-3-6(11)7(12)13-8(14)16/h3,5,15H,1-2,4H2,(H2,12,13,16)/t5-,9-/m0/s1. The number of anilines is 1. The summed E-state index contributed by atoms with van der Waals surface area (Å²) in [5, 5.41) is 8.90. The van der Waals surface area contributed by atoms with E-state index in [2.05, 4.69) is 4.98 Å². The highest BCUT2D eigenvalue weighted by molar-refractivity contribution is 14.1. The van der Waals surface area contributed by atoms with Crippen LogP contribution in [0.15, 0.2) is 11.0 Å². The van der Waals surface area contributed by atoms with Crippen molar-refractivity contribution in [3.05, 3.63) is 20.3 Å². The molecule has 3 N–H and O–H groups in total. The van der Waals surface area contributed by atoms with Crippen LogP contribution in [0.5, 0.6) is 0 Å². The molecule has 94 valence electrons. The van der Waals surface area contributed by atoms with Gasteiger partial charge >= 0.3 is 5.69 Å². The minimum absolute atomic E-state index is 0.000187. The maximum atomic E-state index is 14.4. The summed E-state index contributed by atoms with van der Waals surface area (Å²) in [6.07, 6.45) is 1.02. The van der Waals surface area contributed by atoms with Crippen LogP contribution in [0.1, 0.15) is 12.8 Å². The van der Waals surface area contributed by atoms with Crippen LogP contribution in [0, 0.1) is 3.57 Å². The zero-order chi connectivity index (χ0) is 12.6. The molecule has 1 aromatic heterocycles. The maximum Gasteiger partial charge on any atom is 0.354 e. The second-order valence-corrected chi connectivity index (χ2v) is 4.94. The summed E-state index contributed by atoms with van der Waals surface area (Å²) in [6, 6.07) is 0. The topological polar surface area (TPSA) is 90.4 Å². The van der Waals surface area contributed by atoms with E-state index in [-0.39, 0.29) is 18.8 Å². The number of halogens is 2. The number of rotatable bonds is 2. The molecule has 6 nitrogen and oxygen atoms in total. The minimum Gasteiger partial charge on any atom is -0.394 e. The van der Waals surface area contributed by atoms with E-state index in [0.717, 1.165) is 4.57 Å². The molecule has 0 amide bonds. The number of aliphatic hydroxyl groups excluding tert-OH is 1. The van der Waals surface area contributed by atoms with Crippen molar-refractivity contribution in [1.82, 2.24) is 9.55 Å². The molecule has 1 fully saturated rings. The monoisotopic (exact) mass is 355 g/mol. The van der Waals surface area contributed by atoms with Crippen LogP contribution in [0.2, 0.25) is 0 Å². The molecule has 0 radical (unpaired) electrons. The molecule has 0 bridgehead atoms. The van der Waals surface area contributed by atoms with Crippen molar-refractivity contribution >= 4 is 28.4 Å². The van der Waals surface area contributed by atoms with Gasteiger partial charge in [0.1, 0.15) is 5.82 Å². The lowest BCUT2D eigenvalue weighted by molar-refractivity contribution is -0.204. The normalized spacial score (nSPS) is 28.5. The quantitative estimate of drug-likeness (QED) is 0.739. The van der Waals surface area contributed by atoms with Gasteiger partial charge in [-0.25, -0.2) is 9.36 Å². The Bertz CT molecular complexity index is 495. The predicted octanol–water partition coefficient (Wildman–Crippen LogP) is 0.181. The molecule has 8 heteroatoms. The van der Waals surface area contributed by atoms with Crippen molar-refractivity contribution < 1.29 is 14.2 Å². The molecule has 17 heavy (non-hydrogen) atoms. The minimum atomic E-state index is -2.24. The van der Waals surface area contributed by atoms with Crippen LogP contribution in [0.4, 0.5) is 10.2 Å².